The van der Waals surface area contributed by atoms with E-state index in [1.54, 1.807) is 0 Å². The normalized spacial score (nSPS) is 17.5. The van der Waals surface area contributed by atoms with Gasteiger partial charge in [-0.2, -0.15) is 4.98 Å². The monoisotopic (exact) mass is 381 g/mol. The molecule has 0 spiro atoms. The number of nitrogens with one attached hydrogen (secondary N) is 1. The van der Waals surface area contributed by atoms with E-state index in [0.29, 0.717) is 5.92 Å². The van der Waals surface area contributed by atoms with E-state index in [-0.39, 0.29) is 0 Å². The van der Waals surface area contributed by atoms with Gasteiger partial charge in [-0.15, -0.1) is 0 Å². The summed E-state index contributed by atoms with van der Waals surface area (Å²) < 4.78 is 0. The van der Waals surface area contributed by atoms with Gasteiger partial charge in [0.15, 0.2) is 0 Å². The van der Waals surface area contributed by atoms with Crippen LogP contribution in [0.5, 0.6) is 0 Å². The average Bonchev–Trinajstić information content (AvgIpc) is 3.52. The zero-order valence-corrected chi connectivity index (χ0v) is 17.1. The Kier molecular flexibility index (Phi) is 5.51. The van der Waals surface area contributed by atoms with Crippen molar-refractivity contribution in [3.05, 3.63) is 46.6 Å². The van der Waals surface area contributed by atoms with Crippen molar-refractivity contribution < 1.29 is 5.11 Å². The number of aliphatic hydroxyl groups excluding tert-OH is 1. The second-order valence-corrected chi connectivity index (χ2v) is 8.35. The summed E-state index contributed by atoms with van der Waals surface area (Å²) in [6.07, 6.45) is 3.03. The number of aliphatic hydroxyl groups is 1. The molecule has 1 saturated carbocycles. The van der Waals surface area contributed by atoms with Crippen LogP contribution in [-0.2, 0) is 13.0 Å². The molecule has 1 atom stereocenters. The molecule has 1 aromatic heterocycles. The lowest BCUT2D eigenvalue weighted by atomic mass is 9.96. The Balaban J connectivity index is 1.54. The summed E-state index contributed by atoms with van der Waals surface area (Å²) in [5.41, 5.74) is 4.84. The molecule has 0 radical (unpaired) electrons. The maximum Gasteiger partial charge on any atom is 0.224 e. The number of nitrogens with zero attached hydrogens (tertiary/aromatic N) is 4. The van der Waals surface area contributed by atoms with Crippen LogP contribution in [0.15, 0.2) is 24.3 Å². The molecule has 0 bridgehead atoms. The van der Waals surface area contributed by atoms with Crippen LogP contribution in [0.2, 0.25) is 0 Å². The average molecular weight is 382 g/mol. The summed E-state index contributed by atoms with van der Waals surface area (Å²) in [5, 5.41) is 13.2. The zero-order chi connectivity index (χ0) is 19.7. The molecule has 0 unspecified atom stereocenters. The Labute approximate surface area is 167 Å². The highest BCUT2D eigenvalue weighted by Crippen LogP contribution is 2.40. The van der Waals surface area contributed by atoms with E-state index in [9.17, 15) is 5.11 Å². The molecule has 150 valence electrons. The van der Waals surface area contributed by atoms with Crippen LogP contribution in [0.3, 0.4) is 0 Å². The van der Waals surface area contributed by atoms with Gasteiger partial charge in [-0.3, -0.25) is 0 Å². The Hall–Kier alpha value is -2.18. The summed E-state index contributed by atoms with van der Waals surface area (Å²) in [7, 11) is 4.14. The van der Waals surface area contributed by atoms with E-state index in [1.165, 1.54) is 29.7 Å². The molecule has 2 N–H and O–H groups in total. The van der Waals surface area contributed by atoms with E-state index in [1.807, 2.05) is 13.0 Å². The highest BCUT2D eigenvalue weighted by atomic mass is 16.3. The molecule has 2 aromatic rings. The van der Waals surface area contributed by atoms with Gasteiger partial charge in [0.25, 0.3) is 0 Å². The van der Waals surface area contributed by atoms with E-state index in [0.717, 1.165) is 49.9 Å². The number of hydrogen-bond acceptors (Lipinski definition) is 6. The van der Waals surface area contributed by atoms with Crippen LogP contribution in [-0.4, -0.2) is 53.7 Å². The first-order chi connectivity index (χ1) is 13.5. The lowest BCUT2D eigenvalue weighted by Crippen LogP contribution is -2.31. The second kappa shape index (κ2) is 8.05. The van der Waals surface area contributed by atoms with Gasteiger partial charge in [0.2, 0.25) is 5.95 Å². The molecule has 6 nitrogen and oxygen atoms in total. The third kappa shape index (κ3) is 4.45. The number of likely N-dealkylation sites (N-methyl/N-ethyl adjacent to an activating group) is 1. The first-order valence-electron chi connectivity index (χ1n) is 10.3. The topological polar surface area (TPSA) is 64.5 Å². The number of anilines is 2. The number of fused-ring (bicyclic) bond motifs is 1. The van der Waals surface area contributed by atoms with Crippen LogP contribution in [0.25, 0.3) is 0 Å². The quantitative estimate of drug-likeness (QED) is 0.769. The van der Waals surface area contributed by atoms with Gasteiger partial charge in [-0.25, -0.2) is 4.98 Å². The Bertz CT molecular complexity index is 832. The number of benzene rings is 1. The first-order valence-corrected chi connectivity index (χ1v) is 10.3. The molecular weight excluding hydrogens is 350 g/mol. The Morgan fingerprint density at radius 1 is 1.21 bits per heavy atom. The summed E-state index contributed by atoms with van der Waals surface area (Å²) in [4.78, 5) is 14.1. The van der Waals surface area contributed by atoms with Crippen LogP contribution < -0.4 is 10.2 Å². The minimum absolute atomic E-state index is 0.415. The van der Waals surface area contributed by atoms with E-state index in [2.05, 4.69) is 47.4 Å². The SMILES string of the molecule is C[C@@H](O)c1ccc2c(c1)CCN(c1cc(C3CC3)nc(NCCN(C)C)n1)C2. The molecule has 0 amide bonds. The molecule has 2 heterocycles. The van der Waals surface area contributed by atoms with Gasteiger partial charge >= 0.3 is 0 Å². The number of rotatable bonds is 7. The van der Waals surface area contributed by atoms with Crippen molar-refractivity contribution >= 4 is 11.8 Å². The van der Waals surface area contributed by atoms with Crippen molar-refractivity contribution in [3.8, 4) is 0 Å². The Morgan fingerprint density at radius 2 is 2.04 bits per heavy atom. The molecule has 6 heteroatoms. The zero-order valence-electron chi connectivity index (χ0n) is 17.1. The van der Waals surface area contributed by atoms with Gasteiger partial charge < -0.3 is 20.2 Å². The van der Waals surface area contributed by atoms with Crippen LogP contribution in [0.1, 0.15) is 54.2 Å². The molecule has 2 aliphatic rings. The van der Waals surface area contributed by atoms with Crippen molar-refractivity contribution in [3.63, 3.8) is 0 Å². The molecular formula is C22H31N5O. The van der Waals surface area contributed by atoms with E-state index < -0.39 is 6.10 Å². The van der Waals surface area contributed by atoms with E-state index >= 15 is 0 Å². The summed E-state index contributed by atoms with van der Waals surface area (Å²) in [6.45, 7) is 5.41. The molecule has 4 rings (SSSR count). The molecule has 1 aliphatic carbocycles. The van der Waals surface area contributed by atoms with Gasteiger partial charge in [-0.05, 0) is 57.0 Å². The largest absolute Gasteiger partial charge is 0.389 e. The summed E-state index contributed by atoms with van der Waals surface area (Å²) in [6, 6.07) is 8.53. The van der Waals surface area contributed by atoms with E-state index in [4.69, 9.17) is 9.97 Å². The maximum atomic E-state index is 9.84. The van der Waals surface area contributed by atoms with Gasteiger partial charge in [0.05, 0.1) is 11.8 Å². The van der Waals surface area contributed by atoms with Crippen LogP contribution >= 0.6 is 0 Å². The van der Waals surface area contributed by atoms with Gasteiger partial charge in [0, 0.05) is 38.2 Å². The van der Waals surface area contributed by atoms with Crippen molar-refractivity contribution in [2.45, 2.75) is 44.8 Å². The van der Waals surface area contributed by atoms with Crippen LogP contribution in [0.4, 0.5) is 11.8 Å². The predicted molar refractivity (Wildman–Crippen MR) is 113 cm³/mol. The van der Waals surface area contributed by atoms with Gasteiger partial charge in [-0.1, -0.05) is 18.2 Å². The van der Waals surface area contributed by atoms with Crippen LogP contribution in [0, 0.1) is 0 Å². The molecule has 1 fully saturated rings. The second-order valence-electron chi connectivity index (χ2n) is 8.35. The highest BCUT2D eigenvalue weighted by Gasteiger charge is 2.27. The number of aromatic nitrogens is 2. The minimum atomic E-state index is -0.415. The number of hydrogen-bond donors (Lipinski definition) is 2. The minimum Gasteiger partial charge on any atom is -0.389 e. The lowest BCUT2D eigenvalue weighted by molar-refractivity contribution is 0.199. The fourth-order valence-electron chi connectivity index (χ4n) is 3.70. The summed E-state index contributed by atoms with van der Waals surface area (Å²) >= 11 is 0. The standard InChI is InChI=1S/C22H31N5O/c1-15(28)17-6-7-19-14-27(10-8-18(19)12-17)21-13-20(16-4-5-16)24-22(25-21)23-9-11-26(2)3/h6-7,12-13,15-16,28H,4-5,8-11,14H2,1-3H3,(H,23,24,25)/t15-/m1/s1. The third-order valence-electron chi connectivity index (χ3n) is 5.62. The molecule has 28 heavy (non-hydrogen) atoms. The highest BCUT2D eigenvalue weighted by molar-refractivity contribution is 5.49. The Morgan fingerprint density at radius 3 is 2.75 bits per heavy atom. The molecule has 1 aliphatic heterocycles. The fourth-order valence-corrected chi connectivity index (χ4v) is 3.70. The lowest BCUT2D eigenvalue weighted by Gasteiger charge is -2.30. The van der Waals surface area contributed by atoms with Crippen molar-refractivity contribution in [2.24, 2.45) is 0 Å². The fraction of sp³-hybridized carbons (Fsp3) is 0.545. The summed E-state index contributed by atoms with van der Waals surface area (Å²) in [5.74, 6) is 2.37. The first kappa shape index (κ1) is 19.2. The van der Waals surface area contributed by atoms with Crippen molar-refractivity contribution in [2.75, 3.05) is 43.9 Å². The third-order valence-corrected chi connectivity index (χ3v) is 5.62. The molecule has 0 saturated heterocycles. The van der Waals surface area contributed by atoms with Crippen molar-refractivity contribution in [1.82, 2.24) is 14.9 Å². The maximum absolute atomic E-state index is 9.84. The van der Waals surface area contributed by atoms with Gasteiger partial charge in [0.1, 0.15) is 5.82 Å². The van der Waals surface area contributed by atoms with Crippen molar-refractivity contribution in [1.29, 1.82) is 0 Å². The smallest absolute Gasteiger partial charge is 0.224 e. The predicted octanol–water partition coefficient (Wildman–Crippen LogP) is 2.94. The molecule has 1 aromatic carbocycles.